The van der Waals surface area contributed by atoms with Gasteiger partial charge in [0.05, 0.1) is 6.20 Å². The van der Waals surface area contributed by atoms with Gasteiger partial charge in [-0.25, -0.2) is 4.98 Å². The van der Waals surface area contributed by atoms with Crippen LogP contribution in [-0.4, -0.2) is 39.4 Å². The molecule has 0 radical (unpaired) electrons. The summed E-state index contributed by atoms with van der Waals surface area (Å²) in [5, 5.41) is 12.6. The van der Waals surface area contributed by atoms with Crippen molar-refractivity contribution in [1.29, 1.82) is 0 Å². The molecule has 0 aromatic carbocycles. The van der Waals surface area contributed by atoms with Crippen LogP contribution in [-0.2, 0) is 0 Å². The first-order valence-electron chi connectivity index (χ1n) is 6.60. The fourth-order valence-corrected chi connectivity index (χ4v) is 2.33. The Morgan fingerprint density at radius 1 is 1.55 bits per heavy atom. The van der Waals surface area contributed by atoms with Crippen molar-refractivity contribution < 1.29 is 4.79 Å². The summed E-state index contributed by atoms with van der Waals surface area (Å²) in [6.07, 6.45) is 4.29. The zero-order chi connectivity index (χ0) is 13.9. The van der Waals surface area contributed by atoms with E-state index in [1.54, 1.807) is 12.3 Å². The predicted octanol–water partition coefficient (Wildman–Crippen LogP) is 1.30. The van der Waals surface area contributed by atoms with Gasteiger partial charge in [0.1, 0.15) is 5.82 Å². The third-order valence-electron chi connectivity index (χ3n) is 3.41. The van der Waals surface area contributed by atoms with Crippen molar-refractivity contribution in [1.82, 2.24) is 20.4 Å². The number of hydrogen-bond acceptors (Lipinski definition) is 5. The first kappa shape index (κ1) is 12.6. The van der Waals surface area contributed by atoms with Gasteiger partial charge in [0.25, 0.3) is 5.91 Å². The fraction of sp³-hybridized carbons (Fsp3) is 0.385. The third kappa shape index (κ3) is 2.61. The van der Waals surface area contributed by atoms with E-state index in [0.717, 1.165) is 25.3 Å². The highest BCUT2D eigenvalue weighted by Crippen LogP contribution is 2.22. The zero-order valence-electron chi connectivity index (χ0n) is 11.2. The largest absolute Gasteiger partial charge is 0.356 e. The number of anilines is 2. The molecule has 3 heterocycles. The average Bonchev–Trinajstić information content (AvgIpc) is 3.10. The first-order valence-corrected chi connectivity index (χ1v) is 6.60. The molecule has 0 bridgehead atoms. The van der Waals surface area contributed by atoms with Gasteiger partial charge in [0.15, 0.2) is 5.82 Å². The Morgan fingerprint density at radius 2 is 2.45 bits per heavy atom. The van der Waals surface area contributed by atoms with E-state index in [4.69, 9.17) is 0 Å². The van der Waals surface area contributed by atoms with Crippen LogP contribution in [0.5, 0.6) is 0 Å². The van der Waals surface area contributed by atoms with Crippen molar-refractivity contribution in [2.24, 2.45) is 5.92 Å². The zero-order valence-corrected chi connectivity index (χ0v) is 11.2. The van der Waals surface area contributed by atoms with Gasteiger partial charge in [-0.05, 0) is 24.5 Å². The SMILES string of the molecule is CC1CCN(c2cc(C(=O)Nc3cn[nH]n3)ccn2)C1. The molecule has 3 rings (SSSR count). The van der Waals surface area contributed by atoms with Gasteiger partial charge >= 0.3 is 0 Å². The van der Waals surface area contributed by atoms with Crippen LogP contribution in [0.25, 0.3) is 0 Å². The molecule has 2 aromatic heterocycles. The monoisotopic (exact) mass is 272 g/mol. The fourth-order valence-electron chi connectivity index (χ4n) is 2.33. The summed E-state index contributed by atoms with van der Waals surface area (Å²) >= 11 is 0. The number of H-pyrrole nitrogens is 1. The Bertz CT molecular complexity index is 597. The second-order valence-electron chi connectivity index (χ2n) is 5.05. The highest BCUT2D eigenvalue weighted by atomic mass is 16.1. The summed E-state index contributed by atoms with van der Waals surface area (Å²) in [4.78, 5) is 18.7. The quantitative estimate of drug-likeness (QED) is 0.879. The topological polar surface area (TPSA) is 86.8 Å². The molecule has 1 aliphatic heterocycles. The van der Waals surface area contributed by atoms with Gasteiger partial charge in [-0.1, -0.05) is 6.92 Å². The molecular weight excluding hydrogens is 256 g/mol. The Balaban J connectivity index is 1.75. The van der Waals surface area contributed by atoms with Gasteiger partial charge in [-0.15, -0.1) is 5.10 Å². The summed E-state index contributed by atoms with van der Waals surface area (Å²) in [5.74, 6) is 1.71. The molecule has 2 N–H and O–H groups in total. The van der Waals surface area contributed by atoms with E-state index < -0.39 is 0 Å². The van der Waals surface area contributed by atoms with Crippen LogP contribution in [0.2, 0.25) is 0 Å². The minimum absolute atomic E-state index is 0.213. The highest BCUT2D eigenvalue weighted by Gasteiger charge is 2.20. The van der Waals surface area contributed by atoms with Gasteiger partial charge in [0.2, 0.25) is 0 Å². The summed E-state index contributed by atoms with van der Waals surface area (Å²) in [5.41, 5.74) is 0.567. The molecule has 20 heavy (non-hydrogen) atoms. The second-order valence-corrected chi connectivity index (χ2v) is 5.05. The standard InChI is InChI=1S/C13H16N6O/c1-9-3-5-19(8-9)12-6-10(2-4-14-12)13(20)16-11-7-15-18-17-11/h2,4,6-7,9H,3,5,8H2,1H3,(H2,15,16,17,18,20). The number of pyridine rings is 1. The Hall–Kier alpha value is -2.44. The Morgan fingerprint density at radius 3 is 3.15 bits per heavy atom. The number of rotatable bonds is 3. The molecule has 1 amide bonds. The smallest absolute Gasteiger partial charge is 0.257 e. The lowest BCUT2D eigenvalue weighted by Gasteiger charge is -2.17. The molecule has 7 heteroatoms. The highest BCUT2D eigenvalue weighted by molar-refractivity contribution is 6.04. The lowest BCUT2D eigenvalue weighted by molar-refractivity contribution is 0.102. The van der Waals surface area contributed by atoms with Gasteiger partial charge in [0, 0.05) is 24.8 Å². The van der Waals surface area contributed by atoms with E-state index in [-0.39, 0.29) is 5.91 Å². The van der Waals surface area contributed by atoms with Crippen LogP contribution in [0, 0.1) is 5.92 Å². The number of nitrogens with one attached hydrogen (secondary N) is 2. The average molecular weight is 272 g/mol. The van der Waals surface area contributed by atoms with Crippen LogP contribution in [0.3, 0.4) is 0 Å². The number of hydrogen-bond donors (Lipinski definition) is 2. The molecular formula is C13H16N6O. The maximum atomic E-state index is 12.1. The van der Waals surface area contributed by atoms with Crippen LogP contribution in [0.15, 0.2) is 24.5 Å². The minimum Gasteiger partial charge on any atom is -0.356 e. The maximum Gasteiger partial charge on any atom is 0.257 e. The number of aromatic nitrogens is 4. The van der Waals surface area contributed by atoms with Gasteiger partial charge in [-0.3, -0.25) is 4.79 Å². The molecule has 1 fully saturated rings. The second kappa shape index (κ2) is 5.28. The van der Waals surface area contributed by atoms with E-state index in [1.807, 2.05) is 6.07 Å². The Kier molecular flexibility index (Phi) is 3.32. The summed E-state index contributed by atoms with van der Waals surface area (Å²) in [7, 11) is 0. The van der Waals surface area contributed by atoms with Crippen LogP contribution >= 0.6 is 0 Å². The Labute approximate surface area is 116 Å². The summed E-state index contributed by atoms with van der Waals surface area (Å²) < 4.78 is 0. The van der Waals surface area contributed by atoms with Crippen LogP contribution < -0.4 is 10.2 Å². The summed E-state index contributed by atoms with van der Waals surface area (Å²) in [6.45, 7) is 4.20. The molecule has 104 valence electrons. The van der Waals surface area contributed by atoms with Crippen molar-refractivity contribution in [2.75, 3.05) is 23.3 Å². The number of carbonyl (C=O) groups excluding carboxylic acids is 1. The lowest BCUT2D eigenvalue weighted by atomic mass is 10.2. The molecule has 1 saturated heterocycles. The lowest BCUT2D eigenvalue weighted by Crippen LogP contribution is -2.21. The molecule has 0 aliphatic carbocycles. The number of nitrogens with zero attached hydrogens (tertiary/aromatic N) is 4. The van der Waals surface area contributed by atoms with E-state index in [0.29, 0.717) is 17.3 Å². The molecule has 7 nitrogen and oxygen atoms in total. The number of aromatic amines is 1. The normalized spacial score (nSPS) is 18.2. The molecule has 0 spiro atoms. The first-order chi connectivity index (χ1) is 9.72. The third-order valence-corrected chi connectivity index (χ3v) is 3.41. The molecule has 1 atom stereocenters. The number of carbonyl (C=O) groups is 1. The predicted molar refractivity (Wildman–Crippen MR) is 74.6 cm³/mol. The summed E-state index contributed by atoms with van der Waals surface area (Å²) in [6, 6.07) is 3.51. The van der Waals surface area contributed by atoms with Crippen LogP contribution in [0.4, 0.5) is 11.6 Å². The molecule has 0 saturated carbocycles. The maximum absolute atomic E-state index is 12.1. The van der Waals surface area contributed by atoms with E-state index in [2.05, 4.69) is 37.5 Å². The van der Waals surface area contributed by atoms with Gasteiger partial charge in [-0.2, -0.15) is 10.3 Å². The molecule has 1 unspecified atom stereocenters. The number of amides is 1. The van der Waals surface area contributed by atoms with Gasteiger partial charge < -0.3 is 10.2 Å². The van der Waals surface area contributed by atoms with Crippen molar-refractivity contribution in [2.45, 2.75) is 13.3 Å². The minimum atomic E-state index is -0.213. The van der Waals surface area contributed by atoms with Crippen molar-refractivity contribution >= 4 is 17.5 Å². The van der Waals surface area contributed by atoms with Crippen LogP contribution in [0.1, 0.15) is 23.7 Å². The molecule has 2 aromatic rings. The van der Waals surface area contributed by atoms with Crippen molar-refractivity contribution in [3.05, 3.63) is 30.1 Å². The van der Waals surface area contributed by atoms with Crippen molar-refractivity contribution in [3.63, 3.8) is 0 Å². The van der Waals surface area contributed by atoms with E-state index in [1.165, 1.54) is 6.20 Å². The molecule has 1 aliphatic rings. The van der Waals surface area contributed by atoms with Crippen molar-refractivity contribution in [3.8, 4) is 0 Å². The van der Waals surface area contributed by atoms with E-state index in [9.17, 15) is 4.79 Å². The van der Waals surface area contributed by atoms with E-state index >= 15 is 0 Å².